The third kappa shape index (κ3) is 4.56. The number of benzene rings is 1. The molecule has 2 N–H and O–H groups in total. The Morgan fingerprint density at radius 2 is 2.04 bits per heavy atom. The summed E-state index contributed by atoms with van der Waals surface area (Å²) in [6.45, 7) is 4.37. The van der Waals surface area contributed by atoms with Gasteiger partial charge in [0.25, 0.3) is 0 Å². The number of nitrogens with zero attached hydrogens (tertiary/aromatic N) is 3. The van der Waals surface area contributed by atoms with Gasteiger partial charge in [-0.2, -0.15) is 0 Å². The predicted molar refractivity (Wildman–Crippen MR) is 99.7 cm³/mol. The summed E-state index contributed by atoms with van der Waals surface area (Å²) in [6.07, 6.45) is 5.42. The molecule has 0 saturated carbocycles. The Balaban J connectivity index is 1.52. The summed E-state index contributed by atoms with van der Waals surface area (Å²) in [4.78, 5) is 9.23. The van der Waals surface area contributed by atoms with Crippen molar-refractivity contribution >= 4 is 5.82 Å². The summed E-state index contributed by atoms with van der Waals surface area (Å²) in [5.41, 5.74) is 8.54. The van der Waals surface area contributed by atoms with Crippen LogP contribution >= 0.6 is 0 Å². The van der Waals surface area contributed by atoms with E-state index >= 15 is 0 Å². The smallest absolute Gasteiger partial charge is 0.127 e. The minimum atomic E-state index is 0.592. The van der Waals surface area contributed by atoms with Crippen LogP contribution in [0.25, 0.3) is 0 Å². The molecule has 1 unspecified atom stereocenters. The highest BCUT2D eigenvalue weighted by molar-refractivity contribution is 5.38. The summed E-state index contributed by atoms with van der Waals surface area (Å²) in [5.74, 6) is 0.654. The quantitative estimate of drug-likeness (QED) is 0.887. The van der Waals surface area contributed by atoms with Gasteiger partial charge in [-0.3, -0.25) is 4.90 Å². The zero-order valence-electron chi connectivity index (χ0n) is 14.6. The van der Waals surface area contributed by atoms with Crippen LogP contribution in [0.15, 0.2) is 48.7 Å². The summed E-state index contributed by atoms with van der Waals surface area (Å²) >= 11 is 0. The Kier molecular flexibility index (Phi) is 5.83. The Bertz CT molecular complexity index is 629. The fourth-order valence-corrected chi connectivity index (χ4v) is 3.51. The first-order valence-corrected chi connectivity index (χ1v) is 8.88. The second-order valence-electron chi connectivity index (χ2n) is 6.80. The molecule has 1 atom stereocenters. The SMILES string of the molecule is CN(Cc1cccnc1N)C1CCCN(CCc2ccccc2)C1. The van der Waals surface area contributed by atoms with Crippen molar-refractivity contribution in [2.45, 2.75) is 31.8 Å². The normalized spacial score (nSPS) is 18.8. The van der Waals surface area contributed by atoms with Crippen molar-refractivity contribution in [2.75, 3.05) is 32.4 Å². The Labute approximate surface area is 145 Å². The van der Waals surface area contributed by atoms with Crippen LogP contribution in [0.5, 0.6) is 0 Å². The molecule has 4 heteroatoms. The van der Waals surface area contributed by atoms with Gasteiger partial charge in [0.2, 0.25) is 0 Å². The Morgan fingerprint density at radius 3 is 2.83 bits per heavy atom. The lowest BCUT2D eigenvalue weighted by Gasteiger charge is -2.37. The number of nitrogens with two attached hydrogens (primary N) is 1. The van der Waals surface area contributed by atoms with Gasteiger partial charge in [-0.15, -0.1) is 0 Å². The molecule has 2 heterocycles. The number of likely N-dealkylation sites (tertiary alicyclic amines) is 1. The van der Waals surface area contributed by atoms with Gasteiger partial charge < -0.3 is 10.6 Å². The van der Waals surface area contributed by atoms with Crippen molar-refractivity contribution in [1.82, 2.24) is 14.8 Å². The molecule has 0 aliphatic carbocycles. The molecule has 1 fully saturated rings. The van der Waals surface area contributed by atoms with E-state index < -0.39 is 0 Å². The van der Waals surface area contributed by atoms with Crippen LogP contribution in [0.3, 0.4) is 0 Å². The highest BCUT2D eigenvalue weighted by Crippen LogP contribution is 2.19. The van der Waals surface area contributed by atoms with E-state index in [-0.39, 0.29) is 0 Å². The van der Waals surface area contributed by atoms with Crippen molar-refractivity contribution < 1.29 is 0 Å². The highest BCUT2D eigenvalue weighted by atomic mass is 15.2. The number of aromatic nitrogens is 1. The van der Waals surface area contributed by atoms with E-state index in [1.54, 1.807) is 6.20 Å². The van der Waals surface area contributed by atoms with Gasteiger partial charge in [0.15, 0.2) is 0 Å². The lowest BCUT2D eigenvalue weighted by atomic mass is 10.0. The second-order valence-corrected chi connectivity index (χ2v) is 6.80. The van der Waals surface area contributed by atoms with Crippen molar-refractivity contribution in [3.63, 3.8) is 0 Å². The first-order chi connectivity index (χ1) is 11.7. The number of pyridine rings is 1. The van der Waals surface area contributed by atoms with Gasteiger partial charge in [-0.25, -0.2) is 4.98 Å². The van der Waals surface area contributed by atoms with E-state index in [1.165, 1.54) is 24.9 Å². The van der Waals surface area contributed by atoms with Crippen LogP contribution < -0.4 is 5.73 Å². The summed E-state index contributed by atoms with van der Waals surface area (Å²) in [6, 6.07) is 15.4. The van der Waals surface area contributed by atoms with E-state index in [0.29, 0.717) is 11.9 Å². The first kappa shape index (κ1) is 16.9. The predicted octanol–water partition coefficient (Wildman–Crippen LogP) is 2.80. The maximum absolute atomic E-state index is 5.99. The molecule has 128 valence electrons. The van der Waals surface area contributed by atoms with Gasteiger partial charge in [-0.1, -0.05) is 36.4 Å². The van der Waals surface area contributed by atoms with Gasteiger partial charge >= 0.3 is 0 Å². The van der Waals surface area contributed by atoms with Crippen molar-refractivity contribution in [2.24, 2.45) is 0 Å². The first-order valence-electron chi connectivity index (χ1n) is 8.88. The molecular formula is C20H28N4. The molecule has 2 aromatic rings. The fourth-order valence-electron chi connectivity index (χ4n) is 3.51. The number of hydrogen-bond acceptors (Lipinski definition) is 4. The molecule has 1 saturated heterocycles. The second kappa shape index (κ2) is 8.27. The summed E-state index contributed by atoms with van der Waals surface area (Å²) in [7, 11) is 2.21. The molecule has 0 bridgehead atoms. The van der Waals surface area contributed by atoms with Crippen LogP contribution in [0.2, 0.25) is 0 Å². The number of piperidine rings is 1. The third-order valence-electron chi connectivity index (χ3n) is 5.01. The van der Waals surface area contributed by atoms with Crippen molar-refractivity contribution in [3.05, 3.63) is 59.8 Å². The van der Waals surface area contributed by atoms with Crippen LogP contribution in [-0.4, -0.2) is 47.5 Å². The third-order valence-corrected chi connectivity index (χ3v) is 5.01. The standard InChI is InChI=1S/C20H28N4/c1-23(15-18-9-5-12-22-20(18)21)19-10-6-13-24(16-19)14-11-17-7-3-2-4-8-17/h2-5,7-9,12,19H,6,10-11,13-16H2,1H3,(H2,21,22). The Morgan fingerprint density at radius 1 is 1.21 bits per heavy atom. The number of hydrogen-bond donors (Lipinski definition) is 1. The fraction of sp³-hybridized carbons (Fsp3) is 0.450. The van der Waals surface area contributed by atoms with E-state index in [0.717, 1.165) is 31.6 Å². The van der Waals surface area contributed by atoms with Gasteiger partial charge in [0.1, 0.15) is 5.82 Å². The van der Waals surface area contributed by atoms with Gasteiger partial charge in [-0.05, 0) is 44.5 Å². The minimum absolute atomic E-state index is 0.592. The number of nitrogen functional groups attached to an aromatic ring is 1. The summed E-state index contributed by atoms with van der Waals surface area (Å²) in [5, 5.41) is 0. The van der Waals surface area contributed by atoms with E-state index in [1.807, 2.05) is 6.07 Å². The molecular weight excluding hydrogens is 296 g/mol. The van der Waals surface area contributed by atoms with Crippen molar-refractivity contribution in [3.8, 4) is 0 Å². The topological polar surface area (TPSA) is 45.4 Å². The molecule has 1 aliphatic rings. The zero-order chi connectivity index (χ0) is 16.8. The molecule has 0 radical (unpaired) electrons. The zero-order valence-corrected chi connectivity index (χ0v) is 14.6. The van der Waals surface area contributed by atoms with Crippen LogP contribution in [0, 0.1) is 0 Å². The monoisotopic (exact) mass is 324 g/mol. The van der Waals surface area contributed by atoms with Gasteiger partial charge in [0, 0.05) is 37.4 Å². The highest BCUT2D eigenvalue weighted by Gasteiger charge is 2.23. The van der Waals surface area contributed by atoms with E-state index in [4.69, 9.17) is 5.73 Å². The van der Waals surface area contributed by atoms with Crippen molar-refractivity contribution in [1.29, 1.82) is 0 Å². The largest absolute Gasteiger partial charge is 0.383 e. The van der Waals surface area contributed by atoms with Crippen LogP contribution in [0.4, 0.5) is 5.82 Å². The van der Waals surface area contributed by atoms with E-state index in [9.17, 15) is 0 Å². The summed E-state index contributed by atoms with van der Waals surface area (Å²) < 4.78 is 0. The number of rotatable bonds is 6. The van der Waals surface area contributed by atoms with Gasteiger partial charge in [0.05, 0.1) is 0 Å². The maximum Gasteiger partial charge on any atom is 0.127 e. The average Bonchev–Trinajstić information content (AvgIpc) is 2.63. The molecule has 24 heavy (non-hydrogen) atoms. The molecule has 4 nitrogen and oxygen atoms in total. The Hall–Kier alpha value is -1.91. The molecule has 1 aliphatic heterocycles. The lowest BCUT2D eigenvalue weighted by molar-refractivity contribution is 0.113. The van der Waals surface area contributed by atoms with Crippen LogP contribution in [-0.2, 0) is 13.0 Å². The average molecular weight is 324 g/mol. The van der Waals surface area contributed by atoms with E-state index in [2.05, 4.69) is 58.2 Å². The minimum Gasteiger partial charge on any atom is -0.383 e. The number of likely N-dealkylation sites (N-methyl/N-ethyl adjacent to an activating group) is 1. The maximum atomic E-state index is 5.99. The molecule has 3 rings (SSSR count). The number of anilines is 1. The lowest BCUT2D eigenvalue weighted by Crippen LogP contribution is -2.46. The molecule has 1 aromatic carbocycles. The molecule has 0 amide bonds. The molecule has 1 aromatic heterocycles. The van der Waals surface area contributed by atoms with Crippen LogP contribution in [0.1, 0.15) is 24.0 Å². The molecule has 0 spiro atoms.